The van der Waals surface area contributed by atoms with Crippen molar-refractivity contribution in [2.75, 3.05) is 0 Å². The van der Waals surface area contributed by atoms with Crippen LogP contribution >= 0.6 is 0 Å². The maximum absolute atomic E-state index is 12.7. The van der Waals surface area contributed by atoms with Gasteiger partial charge in [-0.1, -0.05) is 18.2 Å². The second-order valence-corrected chi connectivity index (χ2v) is 5.39. The number of hydrogen-bond donors (Lipinski definition) is 2. The van der Waals surface area contributed by atoms with Gasteiger partial charge in [-0.25, -0.2) is 4.98 Å². The smallest absolute Gasteiger partial charge is 0.449 e. The number of hydrogen-bond acceptors (Lipinski definition) is 3. The number of imidazole rings is 1. The number of alkyl halides is 3. The predicted molar refractivity (Wildman–Crippen MR) is 90.4 cm³/mol. The van der Waals surface area contributed by atoms with Gasteiger partial charge in [0.05, 0.1) is 16.7 Å². The molecule has 0 bridgehead atoms. The number of phenols is 1. The molecule has 0 aliphatic heterocycles. The van der Waals surface area contributed by atoms with Crippen molar-refractivity contribution < 1.29 is 18.3 Å². The number of aromatic amines is 1. The number of nitrogens with zero attached hydrogens (tertiary/aromatic N) is 2. The van der Waals surface area contributed by atoms with Crippen LogP contribution in [-0.4, -0.2) is 21.3 Å². The summed E-state index contributed by atoms with van der Waals surface area (Å²) in [6, 6.07) is 9.75. The third-order valence-corrected chi connectivity index (χ3v) is 3.60. The lowest BCUT2D eigenvalue weighted by Gasteiger charge is -2.04. The van der Waals surface area contributed by atoms with Crippen molar-refractivity contribution in [3.8, 4) is 5.75 Å². The Hall–Kier alpha value is -3.09. The molecule has 0 fully saturated rings. The Bertz CT molecular complexity index is 958. The van der Waals surface area contributed by atoms with E-state index < -0.39 is 12.0 Å². The molecule has 4 nitrogen and oxygen atoms in total. The first kappa shape index (κ1) is 16.8. The average Bonchev–Trinajstić information content (AvgIpc) is 2.99. The molecule has 0 saturated carbocycles. The largest absolute Gasteiger partial charge is 0.507 e. The summed E-state index contributed by atoms with van der Waals surface area (Å²) in [7, 11) is 0. The predicted octanol–water partition coefficient (Wildman–Crippen LogP) is 4.77. The number of para-hydroxylation sites is 1. The van der Waals surface area contributed by atoms with Crippen LogP contribution in [0.25, 0.3) is 11.0 Å². The molecule has 0 spiro atoms. The van der Waals surface area contributed by atoms with Crippen molar-refractivity contribution in [2.24, 2.45) is 4.99 Å². The lowest BCUT2D eigenvalue weighted by molar-refractivity contribution is -0.144. The summed E-state index contributed by atoms with van der Waals surface area (Å²) in [5.74, 6) is -0.938. The van der Waals surface area contributed by atoms with E-state index in [4.69, 9.17) is 0 Å². The highest BCUT2D eigenvalue weighted by Gasteiger charge is 2.34. The van der Waals surface area contributed by atoms with Crippen molar-refractivity contribution in [1.82, 2.24) is 9.97 Å². The van der Waals surface area contributed by atoms with Gasteiger partial charge >= 0.3 is 6.18 Å². The number of rotatable bonds is 4. The molecule has 3 rings (SSSR count). The summed E-state index contributed by atoms with van der Waals surface area (Å²) in [4.78, 5) is 9.97. The van der Waals surface area contributed by atoms with Crippen molar-refractivity contribution >= 4 is 22.9 Å². The fourth-order valence-corrected chi connectivity index (χ4v) is 2.39. The SMILES string of the molecule is C=CCc1cccc(C=Nc2ccc3nc(C(F)(F)F)[nH]c3c2)c1O. The molecule has 0 aliphatic rings. The van der Waals surface area contributed by atoms with E-state index in [0.29, 0.717) is 17.7 Å². The van der Waals surface area contributed by atoms with Gasteiger partial charge in [0.2, 0.25) is 5.82 Å². The van der Waals surface area contributed by atoms with E-state index in [1.54, 1.807) is 30.3 Å². The van der Waals surface area contributed by atoms with E-state index in [2.05, 4.69) is 21.5 Å². The van der Waals surface area contributed by atoms with Gasteiger partial charge in [-0.2, -0.15) is 13.2 Å². The number of aliphatic imine (C=N–C) groups is 1. The molecule has 3 aromatic rings. The zero-order valence-corrected chi connectivity index (χ0v) is 13.0. The molecule has 0 amide bonds. The van der Waals surface area contributed by atoms with E-state index in [0.717, 1.165) is 5.56 Å². The van der Waals surface area contributed by atoms with E-state index in [9.17, 15) is 18.3 Å². The number of fused-ring (bicyclic) bond motifs is 1. The minimum Gasteiger partial charge on any atom is -0.507 e. The quantitative estimate of drug-likeness (QED) is 0.529. The van der Waals surface area contributed by atoms with Gasteiger partial charge in [-0.3, -0.25) is 4.99 Å². The molecular weight excluding hydrogens is 331 g/mol. The maximum atomic E-state index is 12.7. The molecule has 0 aliphatic carbocycles. The number of aromatic nitrogens is 2. The zero-order valence-electron chi connectivity index (χ0n) is 13.0. The van der Waals surface area contributed by atoms with Crippen LogP contribution in [0.5, 0.6) is 5.75 Å². The Morgan fingerprint density at radius 3 is 2.76 bits per heavy atom. The number of phenolic OH excluding ortho intramolecular Hbond substituents is 1. The molecule has 2 N–H and O–H groups in total. The molecule has 1 aromatic heterocycles. The first-order valence-corrected chi connectivity index (χ1v) is 7.41. The molecule has 0 saturated heterocycles. The normalized spacial score (nSPS) is 12.1. The van der Waals surface area contributed by atoms with Crippen LogP contribution in [0.3, 0.4) is 0 Å². The van der Waals surface area contributed by atoms with Gasteiger partial charge in [0.25, 0.3) is 0 Å². The summed E-state index contributed by atoms with van der Waals surface area (Å²) in [5, 5.41) is 10.2. The molecule has 25 heavy (non-hydrogen) atoms. The topological polar surface area (TPSA) is 61.3 Å². The van der Waals surface area contributed by atoms with Crippen molar-refractivity contribution in [1.29, 1.82) is 0 Å². The Labute approximate surface area is 141 Å². The first-order valence-electron chi connectivity index (χ1n) is 7.41. The van der Waals surface area contributed by atoms with Crippen LogP contribution in [0.1, 0.15) is 17.0 Å². The molecule has 0 radical (unpaired) electrons. The van der Waals surface area contributed by atoms with Crippen molar-refractivity contribution in [2.45, 2.75) is 12.6 Å². The maximum Gasteiger partial charge on any atom is 0.449 e. The number of halogens is 3. The summed E-state index contributed by atoms with van der Waals surface area (Å²) in [5.41, 5.74) is 2.13. The molecule has 1 heterocycles. The highest BCUT2D eigenvalue weighted by Crippen LogP contribution is 2.30. The third kappa shape index (κ3) is 3.55. The molecule has 7 heteroatoms. The van der Waals surface area contributed by atoms with E-state index in [1.165, 1.54) is 18.3 Å². The number of allylic oxidation sites excluding steroid dienone is 1. The zero-order chi connectivity index (χ0) is 18.0. The fraction of sp³-hybridized carbons (Fsp3) is 0.111. The standard InChI is InChI=1S/C18H14F3N3O/c1-2-4-11-5-3-6-12(16(11)25)10-22-13-7-8-14-15(9-13)24-17(23-14)18(19,20)21/h2-3,5-10,25H,1,4H2,(H,23,24). The second-order valence-electron chi connectivity index (χ2n) is 5.39. The minimum atomic E-state index is -4.53. The average molecular weight is 345 g/mol. The second kappa shape index (κ2) is 6.43. The Balaban J connectivity index is 1.91. The lowest BCUT2D eigenvalue weighted by atomic mass is 10.1. The molecule has 128 valence electrons. The van der Waals surface area contributed by atoms with Gasteiger partial charge in [-0.05, 0) is 36.2 Å². The van der Waals surface area contributed by atoms with Crippen LogP contribution in [-0.2, 0) is 12.6 Å². The molecule has 0 unspecified atom stereocenters. The van der Waals surface area contributed by atoms with E-state index >= 15 is 0 Å². The monoisotopic (exact) mass is 345 g/mol. The number of H-pyrrole nitrogens is 1. The lowest BCUT2D eigenvalue weighted by Crippen LogP contribution is -2.06. The van der Waals surface area contributed by atoms with Crippen LogP contribution < -0.4 is 0 Å². The highest BCUT2D eigenvalue weighted by molar-refractivity contribution is 5.87. The number of aromatic hydroxyl groups is 1. The number of benzene rings is 2. The molecule has 2 aromatic carbocycles. The van der Waals surface area contributed by atoms with Crippen LogP contribution in [0.2, 0.25) is 0 Å². The van der Waals surface area contributed by atoms with Crippen LogP contribution in [0.15, 0.2) is 54.0 Å². The number of nitrogens with one attached hydrogen (secondary N) is 1. The highest BCUT2D eigenvalue weighted by atomic mass is 19.4. The Morgan fingerprint density at radius 1 is 1.24 bits per heavy atom. The Kier molecular flexibility index (Phi) is 4.31. The van der Waals surface area contributed by atoms with Gasteiger partial charge in [0.15, 0.2) is 0 Å². The molecular formula is C18H14F3N3O. The van der Waals surface area contributed by atoms with E-state index in [1.807, 2.05) is 0 Å². The van der Waals surface area contributed by atoms with Gasteiger partial charge in [0.1, 0.15) is 5.75 Å². The summed E-state index contributed by atoms with van der Waals surface area (Å²) in [6.07, 6.45) is -0.863. The van der Waals surface area contributed by atoms with Gasteiger partial charge in [-0.15, -0.1) is 6.58 Å². The first-order chi connectivity index (χ1) is 11.9. The van der Waals surface area contributed by atoms with Crippen LogP contribution in [0, 0.1) is 0 Å². The van der Waals surface area contributed by atoms with Crippen molar-refractivity contribution in [3.05, 3.63) is 66.0 Å². The summed E-state index contributed by atoms with van der Waals surface area (Å²) >= 11 is 0. The summed E-state index contributed by atoms with van der Waals surface area (Å²) < 4.78 is 38.0. The minimum absolute atomic E-state index is 0.105. The van der Waals surface area contributed by atoms with E-state index in [-0.39, 0.29) is 16.8 Å². The Morgan fingerprint density at radius 2 is 2.04 bits per heavy atom. The van der Waals surface area contributed by atoms with Gasteiger partial charge < -0.3 is 10.1 Å². The van der Waals surface area contributed by atoms with Crippen molar-refractivity contribution in [3.63, 3.8) is 0 Å². The molecule has 0 atom stereocenters. The summed E-state index contributed by atoms with van der Waals surface area (Å²) in [6.45, 7) is 3.63. The van der Waals surface area contributed by atoms with Crippen LogP contribution in [0.4, 0.5) is 18.9 Å². The fourth-order valence-electron chi connectivity index (χ4n) is 2.39. The van der Waals surface area contributed by atoms with Gasteiger partial charge in [0, 0.05) is 11.8 Å². The third-order valence-electron chi connectivity index (χ3n) is 3.60.